The fourth-order valence-electron chi connectivity index (χ4n) is 2.99. The van der Waals surface area contributed by atoms with Crippen molar-refractivity contribution in [3.63, 3.8) is 0 Å². The molecule has 1 aliphatic rings. The first-order valence-corrected chi connectivity index (χ1v) is 8.56. The molecule has 2 aromatic rings. The highest BCUT2D eigenvalue weighted by atomic mass is 16.5. The van der Waals surface area contributed by atoms with Gasteiger partial charge in [0.15, 0.2) is 5.82 Å². The smallest absolute Gasteiger partial charge is 0.313 e. The van der Waals surface area contributed by atoms with Crippen LogP contribution in [0.4, 0.5) is 5.69 Å². The van der Waals surface area contributed by atoms with E-state index in [0.717, 1.165) is 19.3 Å². The second-order valence-electron chi connectivity index (χ2n) is 6.27. The molecule has 0 unspecified atom stereocenters. The summed E-state index contributed by atoms with van der Waals surface area (Å²) in [7, 11) is 0. The number of anilines is 1. The number of rotatable bonds is 3. The number of carbonyl (C=O) groups is 2. The molecule has 0 spiro atoms. The monoisotopic (exact) mass is 342 g/mol. The fraction of sp³-hybridized carbons (Fsp3) is 0.444. The fourth-order valence-corrected chi connectivity index (χ4v) is 2.99. The van der Waals surface area contributed by atoms with Gasteiger partial charge in [-0.3, -0.25) is 9.59 Å². The zero-order valence-electron chi connectivity index (χ0n) is 14.5. The predicted octanol–water partition coefficient (Wildman–Crippen LogP) is 2.29. The number of aryl methyl sites for hydroxylation is 2. The van der Waals surface area contributed by atoms with Crippen LogP contribution < -0.4 is 5.32 Å². The SMILES string of the molecule is CCc1ccc(NC(=O)C(=O)N2CCC[C@@H](c3nc(C)no3)C2)cc1. The zero-order valence-corrected chi connectivity index (χ0v) is 14.5. The number of carbonyl (C=O) groups excluding carboxylic acids is 2. The lowest BCUT2D eigenvalue weighted by atomic mass is 9.98. The molecule has 7 nitrogen and oxygen atoms in total. The van der Waals surface area contributed by atoms with Crippen LogP contribution in [0.15, 0.2) is 28.8 Å². The summed E-state index contributed by atoms with van der Waals surface area (Å²) in [6, 6.07) is 7.50. The van der Waals surface area contributed by atoms with E-state index in [1.807, 2.05) is 24.3 Å². The molecule has 1 fully saturated rings. The molecule has 0 aliphatic carbocycles. The molecule has 7 heteroatoms. The predicted molar refractivity (Wildman–Crippen MR) is 92.0 cm³/mol. The minimum absolute atomic E-state index is 0.0180. The van der Waals surface area contributed by atoms with E-state index < -0.39 is 11.8 Å². The van der Waals surface area contributed by atoms with Gasteiger partial charge in [-0.15, -0.1) is 0 Å². The number of nitrogens with one attached hydrogen (secondary N) is 1. The number of nitrogens with zero attached hydrogens (tertiary/aromatic N) is 3. The number of benzene rings is 1. The van der Waals surface area contributed by atoms with Crippen LogP contribution in [-0.4, -0.2) is 39.9 Å². The van der Waals surface area contributed by atoms with Crippen LogP contribution in [-0.2, 0) is 16.0 Å². The van der Waals surface area contributed by atoms with Gasteiger partial charge in [-0.1, -0.05) is 24.2 Å². The Hall–Kier alpha value is -2.70. The maximum atomic E-state index is 12.5. The minimum atomic E-state index is -0.619. The van der Waals surface area contributed by atoms with E-state index >= 15 is 0 Å². The third-order valence-electron chi connectivity index (χ3n) is 4.42. The van der Waals surface area contributed by atoms with Crippen LogP contribution in [0.3, 0.4) is 0 Å². The van der Waals surface area contributed by atoms with Gasteiger partial charge in [0.2, 0.25) is 5.89 Å². The van der Waals surface area contributed by atoms with Gasteiger partial charge in [0, 0.05) is 18.8 Å². The molecule has 1 N–H and O–H groups in total. The Labute approximate surface area is 146 Å². The lowest BCUT2D eigenvalue weighted by molar-refractivity contribution is -0.144. The summed E-state index contributed by atoms with van der Waals surface area (Å²) < 4.78 is 5.21. The second kappa shape index (κ2) is 7.46. The Morgan fingerprint density at radius 2 is 2.08 bits per heavy atom. The van der Waals surface area contributed by atoms with E-state index in [9.17, 15) is 9.59 Å². The Balaban J connectivity index is 1.61. The van der Waals surface area contributed by atoms with Crippen molar-refractivity contribution < 1.29 is 14.1 Å². The molecular weight excluding hydrogens is 320 g/mol. The summed E-state index contributed by atoms with van der Waals surface area (Å²) in [6.45, 7) is 4.80. The van der Waals surface area contributed by atoms with Crippen molar-refractivity contribution in [2.75, 3.05) is 18.4 Å². The average molecular weight is 342 g/mol. The molecule has 2 amide bonds. The highest BCUT2D eigenvalue weighted by Crippen LogP contribution is 2.25. The summed E-state index contributed by atoms with van der Waals surface area (Å²) in [6.07, 6.45) is 2.60. The Morgan fingerprint density at radius 3 is 2.72 bits per heavy atom. The standard InChI is InChI=1S/C18H22N4O3/c1-3-13-6-8-15(9-7-13)20-16(23)18(24)22-10-4-5-14(11-22)17-19-12(2)21-25-17/h6-9,14H,3-5,10-11H2,1-2H3,(H,20,23)/t14-/m1/s1. The first-order valence-electron chi connectivity index (χ1n) is 8.56. The van der Waals surface area contributed by atoms with E-state index in [0.29, 0.717) is 30.5 Å². The van der Waals surface area contributed by atoms with Gasteiger partial charge >= 0.3 is 11.8 Å². The molecule has 132 valence electrons. The van der Waals surface area contributed by atoms with Gasteiger partial charge < -0.3 is 14.7 Å². The number of likely N-dealkylation sites (tertiary alicyclic amines) is 1. The summed E-state index contributed by atoms with van der Waals surface area (Å²) in [5.74, 6) is -0.0556. The summed E-state index contributed by atoms with van der Waals surface area (Å²) in [5, 5.41) is 6.47. The molecule has 0 radical (unpaired) electrons. The quantitative estimate of drug-likeness (QED) is 0.865. The number of aromatic nitrogens is 2. The van der Waals surface area contributed by atoms with Crippen molar-refractivity contribution in [3.05, 3.63) is 41.5 Å². The molecule has 3 rings (SSSR count). The Morgan fingerprint density at radius 1 is 1.32 bits per heavy atom. The first kappa shape index (κ1) is 17.1. The second-order valence-corrected chi connectivity index (χ2v) is 6.27. The van der Waals surface area contributed by atoms with E-state index in [2.05, 4.69) is 22.4 Å². The Kier molecular flexibility index (Phi) is 5.11. The van der Waals surface area contributed by atoms with E-state index in [1.165, 1.54) is 5.56 Å². The van der Waals surface area contributed by atoms with Gasteiger partial charge in [-0.25, -0.2) is 0 Å². The largest absolute Gasteiger partial charge is 0.339 e. The number of hydrogen-bond acceptors (Lipinski definition) is 5. The van der Waals surface area contributed by atoms with Gasteiger partial charge in [0.25, 0.3) is 0 Å². The molecular formula is C18H22N4O3. The molecule has 1 aliphatic heterocycles. The average Bonchev–Trinajstić information content (AvgIpc) is 3.08. The van der Waals surface area contributed by atoms with E-state index in [-0.39, 0.29) is 5.92 Å². The van der Waals surface area contributed by atoms with Crippen LogP contribution in [0.1, 0.15) is 43.0 Å². The van der Waals surface area contributed by atoms with Crippen LogP contribution >= 0.6 is 0 Å². The van der Waals surface area contributed by atoms with E-state index in [1.54, 1.807) is 11.8 Å². The topological polar surface area (TPSA) is 88.3 Å². The molecule has 25 heavy (non-hydrogen) atoms. The third kappa shape index (κ3) is 4.04. The number of piperidine rings is 1. The lowest BCUT2D eigenvalue weighted by Gasteiger charge is -2.30. The van der Waals surface area contributed by atoms with Crippen LogP contribution in [0.5, 0.6) is 0 Å². The van der Waals surface area contributed by atoms with Crippen LogP contribution in [0.25, 0.3) is 0 Å². The van der Waals surface area contributed by atoms with Crippen molar-refractivity contribution in [1.82, 2.24) is 15.0 Å². The highest BCUT2D eigenvalue weighted by Gasteiger charge is 2.31. The van der Waals surface area contributed by atoms with Crippen molar-refractivity contribution in [3.8, 4) is 0 Å². The van der Waals surface area contributed by atoms with Gasteiger partial charge in [0.1, 0.15) is 0 Å². The zero-order chi connectivity index (χ0) is 17.8. The molecule has 1 aromatic carbocycles. The van der Waals surface area contributed by atoms with Crippen molar-refractivity contribution in [2.45, 2.75) is 39.0 Å². The summed E-state index contributed by atoms with van der Waals surface area (Å²) in [5.41, 5.74) is 1.80. The molecule has 1 aromatic heterocycles. The maximum absolute atomic E-state index is 12.5. The Bertz CT molecular complexity index is 754. The van der Waals surface area contributed by atoms with Gasteiger partial charge in [-0.05, 0) is 43.9 Å². The first-order chi connectivity index (χ1) is 12.1. The van der Waals surface area contributed by atoms with Gasteiger partial charge in [0.05, 0.1) is 5.92 Å². The molecule has 2 heterocycles. The summed E-state index contributed by atoms with van der Waals surface area (Å²) >= 11 is 0. The third-order valence-corrected chi connectivity index (χ3v) is 4.42. The molecule has 0 bridgehead atoms. The van der Waals surface area contributed by atoms with E-state index in [4.69, 9.17) is 4.52 Å². The normalized spacial score (nSPS) is 17.4. The molecule has 0 saturated carbocycles. The minimum Gasteiger partial charge on any atom is -0.339 e. The molecule has 1 atom stereocenters. The van der Waals surface area contributed by atoms with Gasteiger partial charge in [-0.2, -0.15) is 4.98 Å². The number of amides is 2. The van der Waals surface area contributed by atoms with Crippen LogP contribution in [0.2, 0.25) is 0 Å². The van der Waals surface area contributed by atoms with Crippen LogP contribution in [0, 0.1) is 6.92 Å². The maximum Gasteiger partial charge on any atom is 0.313 e. The molecule has 1 saturated heterocycles. The lowest BCUT2D eigenvalue weighted by Crippen LogP contribution is -2.44. The van der Waals surface area contributed by atoms with Crippen molar-refractivity contribution in [2.24, 2.45) is 0 Å². The van der Waals surface area contributed by atoms with Crippen molar-refractivity contribution in [1.29, 1.82) is 0 Å². The summed E-state index contributed by atoms with van der Waals surface area (Å²) in [4.78, 5) is 30.5. The number of hydrogen-bond donors (Lipinski definition) is 1. The highest BCUT2D eigenvalue weighted by molar-refractivity contribution is 6.39. The van der Waals surface area contributed by atoms with Crippen molar-refractivity contribution >= 4 is 17.5 Å².